The lowest BCUT2D eigenvalue weighted by Gasteiger charge is -2.24. The van der Waals surface area contributed by atoms with Gasteiger partial charge in [0, 0.05) is 6.42 Å². The van der Waals surface area contributed by atoms with Gasteiger partial charge in [-0.3, -0.25) is 9.59 Å². The monoisotopic (exact) mass is 842 g/mol. The van der Waals surface area contributed by atoms with Gasteiger partial charge in [-0.25, -0.2) is 0 Å². The van der Waals surface area contributed by atoms with Crippen LogP contribution in [0.25, 0.3) is 0 Å². The van der Waals surface area contributed by atoms with Gasteiger partial charge in [0.2, 0.25) is 5.91 Å². The first-order valence-corrected chi connectivity index (χ1v) is 25.9. The van der Waals surface area contributed by atoms with Crippen molar-refractivity contribution in [1.29, 1.82) is 0 Å². The minimum atomic E-state index is -0.801. The molecule has 0 aliphatic carbocycles. The van der Waals surface area contributed by atoms with Crippen LogP contribution < -0.4 is 5.32 Å². The fourth-order valence-corrected chi connectivity index (χ4v) is 7.71. The molecule has 6 nitrogen and oxygen atoms in total. The van der Waals surface area contributed by atoms with E-state index in [0.717, 1.165) is 70.6 Å². The van der Waals surface area contributed by atoms with Crippen LogP contribution in [0.1, 0.15) is 258 Å². The molecule has 6 heteroatoms. The number of amides is 1. The summed E-state index contributed by atoms with van der Waals surface area (Å²) in [5.74, 6) is -0.571. The standard InChI is InChI=1S/C54H99NO5/c1-4-7-10-13-16-19-22-25-26-29-31-34-37-40-43-46-52(57)51(49-56)55-53(58)48-50(45-42-39-36-33-30-27-23-20-17-14-11-8-5-2)60-54(59)47-44-41-38-35-32-28-24-21-18-15-12-9-6-3/h17,20,23,27-28,32,38,41,50-52,56-57H,4-16,18-19,21-22,24-26,29-31,33-37,39-40,42-49H2,1-3H3,(H,55,58)/b20-17+,27-23+,32-28-,41-38+. The minimum Gasteiger partial charge on any atom is -0.462 e. The Morgan fingerprint density at radius 2 is 0.900 bits per heavy atom. The number of aliphatic hydroxyl groups excluding tert-OH is 2. The number of carbonyl (C=O) groups is 2. The number of ether oxygens (including phenoxy) is 1. The number of hydrogen-bond donors (Lipinski definition) is 3. The fourth-order valence-electron chi connectivity index (χ4n) is 7.71. The second kappa shape index (κ2) is 47.9. The van der Waals surface area contributed by atoms with Gasteiger partial charge in [-0.05, 0) is 70.6 Å². The number of hydrogen-bond acceptors (Lipinski definition) is 5. The van der Waals surface area contributed by atoms with Crippen LogP contribution in [0.3, 0.4) is 0 Å². The smallest absolute Gasteiger partial charge is 0.306 e. The molecule has 0 aliphatic heterocycles. The molecular weight excluding hydrogens is 743 g/mol. The lowest BCUT2D eigenvalue weighted by molar-refractivity contribution is -0.150. The van der Waals surface area contributed by atoms with Crippen molar-refractivity contribution < 1.29 is 24.5 Å². The van der Waals surface area contributed by atoms with Gasteiger partial charge in [-0.15, -0.1) is 0 Å². The Kier molecular flexibility index (Phi) is 46.1. The SMILES string of the molecule is CCCCC/C=C/C=C/CCCCCCC(CC(=O)NC(CO)C(O)CCCCCCCCCCCCCCCCC)OC(=O)CC/C=C/C/C=C\CCCCCCCC. The van der Waals surface area contributed by atoms with Gasteiger partial charge < -0.3 is 20.3 Å². The largest absolute Gasteiger partial charge is 0.462 e. The third kappa shape index (κ3) is 42.5. The summed E-state index contributed by atoms with van der Waals surface area (Å²) in [5, 5.41) is 23.8. The summed E-state index contributed by atoms with van der Waals surface area (Å²) in [6.45, 7) is 6.43. The summed E-state index contributed by atoms with van der Waals surface area (Å²) >= 11 is 0. The molecule has 0 radical (unpaired) electrons. The van der Waals surface area contributed by atoms with Crippen LogP contribution in [0.15, 0.2) is 48.6 Å². The number of esters is 1. The van der Waals surface area contributed by atoms with Gasteiger partial charge in [0.05, 0.1) is 25.2 Å². The maximum absolute atomic E-state index is 13.2. The molecule has 0 aromatic heterocycles. The van der Waals surface area contributed by atoms with Gasteiger partial charge in [0.15, 0.2) is 0 Å². The normalized spacial score (nSPS) is 13.6. The summed E-state index contributed by atoms with van der Waals surface area (Å²) in [4.78, 5) is 26.1. The van der Waals surface area contributed by atoms with E-state index in [2.05, 4.69) is 68.6 Å². The number of allylic oxidation sites excluding steroid dienone is 8. The van der Waals surface area contributed by atoms with E-state index in [9.17, 15) is 19.8 Å². The van der Waals surface area contributed by atoms with Crippen LogP contribution in [-0.4, -0.2) is 46.9 Å². The second-order valence-corrected chi connectivity index (χ2v) is 17.6. The van der Waals surface area contributed by atoms with Crippen molar-refractivity contribution in [3.05, 3.63) is 48.6 Å². The number of rotatable bonds is 46. The first-order valence-electron chi connectivity index (χ1n) is 25.9. The van der Waals surface area contributed by atoms with Crippen molar-refractivity contribution in [3.8, 4) is 0 Å². The van der Waals surface area contributed by atoms with Crippen molar-refractivity contribution in [2.75, 3.05) is 6.61 Å². The summed E-state index contributed by atoms with van der Waals surface area (Å²) in [6, 6.07) is -0.718. The summed E-state index contributed by atoms with van der Waals surface area (Å²) in [6.07, 6.45) is 57.5. The Morgan fingerprint density at radius 3 is 1.40 bits per heavy atom. The average molecular weight is 842 g/mol. The quantitative estimate of drug-likeness (QED) is 0.0246. The molecular formula is C54H99NO5. The molecule has 0 rings (SSSR count). The van der Waals surface area contributed by atoms with Crippen molar-refractivity contribution in [3.63, 3.8) is 0 Å². The first kappa shape index (κ1) is 57.8. The van der Waals surface area contributed by atoms with Crippen LogP contribution in [0, 0.1) is 0 Å². The molecule has 3 N–H and O–H groups in total. The maximum atomic E-state index is 13.2. The number of unbranched alkanes of at least 4 members (excludes halogenated alkanes) is 27. The topological polar surface area (TPSA) is 95.9 Å². The van der Waals surface area contributed by atoms with E-state index in [-0.39, 0.29) is 31.3 Å². The molecule has 3 unspecified atom stereocenters. The highest BCUT2D eigenvalue weighted by Gasteiger charge is 2.24. The third-order valence-corrected chi connectivity index (χ3v) is 11.7. The molecule has 0 saturated carbocycles. The number of nitrogens with one attached hydrogen (secondary N) is 1. The van der Waals surface area contributed by atoms with Crippen LogP contribution in [-0.2, 0) is 14.3 Å². The maximum Gasteiger partial charge on any atom is 0.306 e. The molecule has 0 aromatic carbocycles. The van der Waals surface area contributed by atoms with Crippen molar-refractivity contribution in [2.45, 2.75) is 277 Å². The zero-order chi connectivity index (χ0) is 43.8. The summed E-state index contributed by atoms with van der Waals surface area (Å²) in [5.41, 5.74) is 0. The van der Waals surface area contributed by atoms with E-state index in [1.165, 1.54) is 135 Å². The number of carbonyl (C=O) groups excluding carboxylic acids is 2. The van der Waals surface area contributed by atoms with Crippen molar-refractivity contribution in [1.82, 2.24) is 5.32 Å². The second-order valence-electron chi connectivity index (χ2n) is 17.6. The summed E-state index contributed by atoms with van der Waals surface area (Å²) in [7, 11) is 0. The lowest BCUT2D eigenvalue weighted by Crippen LogP contribution is -2.46. The van der Waals surface area contributed by atoms with Crippen molar-refractivity contribution in [2.24, 2.45) is 0 Å². The zero-order valence-corrected chi connectivity index (χ0v) is 39.8. The molecule has 0 aromatic rings. The predicted octanol–water partition coefficient (Wildman–Crippen LogP) is 15.5. The molecule has 1 amide bonds. The van der Waals surface area contributed by atoms with E-state index >= 15 is 0 Å². The number of aliphatic hydroxyl groups is 2. The highest BCUT2D eigenvalue weighted by atomic mass is 16.5. The molecule has 3 atom stereocenters. The highest BCUT2D eigenvalue weighted by molar-refractivity contribution is 5.77. The molecule has 0 aliphatic rings. The van der Waals surface area contributed by atoms with Crippen LogP contribution >= 0.6 is 0 Å². The Labute approximate surface area is 372 Å². The molecule has 0 bridgehead atoms. The van der Waals surface area contributed by atoms with Crippen molar-refractivity contribution >= 4 is 11.9 Å². The van der Waals surface area contributed by atoms with Crippen LogP contribution in [0.4, 0.5) is 0 Å². The van der Waals surface area contributed by atoms with Gasteiger partial charge in [0.1, 0.15) is 6.10 Å². The Hall–Kier alpha value is -2.18. The van der Waals surface area contributed by atoms with Gasteiger partial charge in [-0.2, -0.15) is 0 Å². The molecule has 0 fully saturated rings. The minimum absolute atomic E-state index is 0.0421. The van der Waals surface area contributed by atoms with Gasteiger partial charge in [0.25, 0.3) is 0 Å². The van der Waals surface area contributed by atoms with Gasteiger partial charge >= 0.3 is 5.97 Å². The van der Waals surface area contributed by atoms with E-state index in [4.69, 9.17) is 4.74 Å². The average Bonchev–Trinajstić information content (AvgIpc) is 3.24. The molecule has 60 heavy (non-hydrogen) atoms. The van der Waals surface area contributed by atoms with Gasteiger partial charge in [-0.1, -0.05) is 223 Å². The zero-order valence-electron chi connectivity index (χ0n) is 39.8. The first-order chi connectivity index (χ1) is 29.5. The molecule has 350 valence electrons. The van der Waals surface area contributed by atoms with Crippen LogP contribution in [0.5, 0.6) is 0 Å². The van der Waals surface area contributed by atoms with E-state index in [1.54, 1.807) is 0 Å². The molecule has 0 heterocycles. The van der Waals surface area contributed by atoms with E-state index < -0.39 is 18.2 Å². The Morgan fingerprint density at radius 1 is 0.500 bits per heavy atom. The van der Waals surface area contributed by atoms with E-state index in [0.29, 0.717) is 19.3 Å². The molecule has 0 saturated heterocycles. The van der Waals surface area contributed by atoms with E-state index in [1.807, 2.05) is 6.08 Å². The Bertz CT molecular complexity index is 1040. The van der Waals surface area contributed by atoms with Crippen LogP contribution in [0.2, 0.25) is 0 Å². The molecule has 0 spiro atoms. The third-order valence-electron chi connectivity index (χ3n) is 11.7. The highest BCUT2D eigenvalue weighted by Crippen LogP contribution is 2.17. The predicted molar refractivity (Wildman–Crippen MR) is 259 cm³/mol. The Balaban J connectivity index is 4.63. The fraction of sp³-hybridized carbons (Fsp3) is 0.815. The lowest BCUT2D eigenvalue weighted by atomic mass is 10.0. The summed E-state index contributed by atoms with van der Waals surface area (Å²) < 4.78 is 5.88.